The second kappa shape index (κ2) is 7.27. The number of hydrogen-bond acceptors (Lipinski definition) is 5. The zero-order chi connectivity index (χ0) is 18.0. The van der Waals surface area contributed by atoms with Crippen LogP contribution in [0.2, 0.25) is 0 Å². The van der Waals surface area contributed by atoms with Crippen LogP contribution in [0.4, 0.5) is 5.69 Å². The van der Waals surface area contributed by atoms with Gasteiger partial charge >= 0.3 is 5.97 Å². The summed E-state index contributed by atoms with van der Waals surface area (Å²) >= 11 is 0. The molecule has 2 atom stereocenters. The van der Waals surface area contributed by atoms with Crippen molar-refractivity contribution >= 4 is 22.6 Å². The van der Waals surface area contributed by atoms with E-state index in [2.05, 4.69) is 4.98 Å². The summed E-state index contributed by atoms with van der Waals surface area (Å²) in [4.78, 5) is 15.9. The SMILES string of the molecule is COC1CCCC(COc2cccc3nc(C)c(C(=O)O)c(N)c23)C1. The van der Waals surface area contributed by atoms with Gasteiger partial charge in [0.1, 0.15) is 11.3 Å². The molecular weight excluding hydrogens is 320 g/mol. The molecule has 1 aromatic carbocycles. The van der Waals surface area contributed by atoms with E-state index in [1.165, 1.54) is 0 Å². The van der Waals surface area contributed by atoms with Crippen molar-refractivity contribution in [1.29, 1.82) is 0 Å². The number of aromatic nitrogens is 1. The number of aryl methyl sites for hydroxylation is 1. The first-order valence-electron chi connectivity index (χ1n) is 8.59. The number of anilines is 1. The molecule has 3 N–H and O–H groups in total. The maximum atomic E-state index is 11.5. The van der Waals surface area contributed by atoms with Gasteiger partial charge in [0.25, 0.3) is 0 Å². The van der Waals surface area contributed by atoms with E-state index in [0.717, 1.165) is 25.7 Å². The van der Waals surface area contributed by atoms with E-state index in [4.69, 9.17) is 15.2 Å². The van der Waals surface area contributed by atoms with Gasteiger partial charge in [-0.3, -0.25) is 4.98 Å². The van der Waals surface area contributed by atoms with Crippen LogP contribution in [0.25, 0.3) is 10.9 Å². The highest BCUT2D eigenvalue weighted by atomic mass is 16.5. The summed E-state index contributed by atoms with van der Waals surface area (Å²) in [5, 5.41) is 9.99. The number of methoxy groups -OCH3 is 1. The Morgan fingerprint density at radius 3 is 2.92 bits per heavy atom. The molecule has 6 nitrogen and oxygen atoms in total. The monoisotopic (exact) mass is 344 g/mol. The van der Waals surface area contributed by atoms with Crippen LogP contribution in [0.3, 0.4) is 0 Å². The average Bonchev–Trinajstić information content (AvgIpc) is 2.59. The van der Waals surface area contributed by atoms with E-state index < -0.39 is 5.97 Å². The normalized spacial score (nSPS) is 20.6. The fourth-order valence-corrected chi connectivity index (χ4v) is 3.64. The van der Waals surface area contributed by atoms with Gasteiger partial charge in [-0.2, -0.15) is 0 Å². The van der Waals surface area contributed by atoms with Gasteiger partial charge in [0, 0.05) is 7.11 Å². The van der Waals surface area contributed by atoms with Crippen molar-refractivity contribution in [2.24, 2.45) is 5.92 Å². The largest absolute Gasteiger partial charge is 0.493 e. The second-order valence-electron chi connectivity index (χ2n) is 6.64. The van der Waals surface area contributed by atoms with Gasteiger partial charge in [-0.05, 0) is 44.2 Å². The number of rotatable bonds is 5. The first-order chi connectivity index (χ1) is 12.0. The lowest BCUT2D eigenvalue weighted by Gasteiger charge is -2.28. The van der Waals surface area contributed by atoms with Crippen LogP contribution in [-0.4, -0.2) is 35.9 Å². The Morgan fingerprint density at radius 2 is 2.20 bits per heavy atom. The number of nitrogen functional groups attached to an aromatic ring is 1. The van der Waals surface area contributed by atoms with Gasteiger partial charge in [0.05, 0.1) is 35.0 Å². The van der Waals surface area contributed by atoms with Crippen LogP contribution < -0.4 is 10.5 Å². The lowest BCUT2D eigenvalue weighted by Crippen LogP contribution is -2.25. The number of nitrogens with two attached hydrogens (primary N) is 1. The van der Waals surface area contributed by atoms with Gasteiger partial charge in [-0.15, -0.1) is 0 Å². The second-order valence-corrected chi connectivity index (χ2v) is 6.64. The lowest BCUT2D eigenvalue weighted by molar-refractivity contribution is 0.0396. The average molecular weight is 344 g/mol. The molecule has 1 aliphatic rings. The fourth-order valence-electron chi connectivity index (χ4n) is 3.64. The summed E-state index contributed by atoms with van der Waals surface area (Å²) in [5.74, 6) is -0.0634. The minimum absolute atomic E-state index is 0.0423. The molecule has 1 saturated carbocycles. The number of benzene rings is 1. The predicted molar refractivity (Wildman–Crippen MR) is 96.1 cm³/mol. The number of hydrogen-bond donors (Lipinski definition) is 2. The lowest BCUT2D eigenvalue weighted by atomic mass is 9.88. The van der Waals surface area contributed by atoms with E-state index in [1.54, 1.807) is 14.0 Å². The highest BCUT2D eigenvalue weighted by molar-refractivity contribution is 6.06. The Labute approximate surface area is 146 Å². The minimum Gasteiger partial charge on any atom is -0.493 e. The standard InChI is InChI=1S/C19H24N2O4/c1-11-16(19(22)23)18(20)17-14(21-11)7-4-8-15(17)25-10-12-5-3-6-13(9-12)24-2/h4,7-8,12-13H,3,5-6,9-10H2,1-2H3,(H2,20,21)(H,22,23). The third-order valence-corrected chi connectivity index (χ3v) is 4.95. The number of fused-ring (bicyclic) bond motifs is 1. The third-order valence-electron chi connectivity index (χ3n) is 4.95. The number of carbonyl (C=O) groups is 1. The molecule has 25 heavy (non-hydrogen) atoms. The predicted octanol–water partition coefficient (Wildman–Crippen LogP) is 3.41. The van der Waals surface area contributed by atoms with E-state index in [-0.39, 0.29) is 11.3 Å². The smallest absolute Gasteiger partial charge is 0.339 e. The van der Waals surface area contributed by atoms with Gasteiger partial charge in [-0.1, -0.05) is 12.5 Å². The molecule has 0 spiro atoms. The van der Waals surface area contributed by atoms with Crippen molar-refractivity contribution in [3.63, 3.8) is 0 Å². The highest BCUT2D eigenvalue weighted by Crippen LogP contribution is 2.34. The molecule has 0 amide bonds. The molecule has 1 fully saturated rings. The van der Waals surface area contributed by atoms with E-state index in [0.29, 0.717) is 41.0 Å². The third kappa shape index (κ3) is 3.54. The Balaban J connectivity index is 1.89. The van der Waals surface area contributed by atoms with Crippen LogP contribution in [-0.2, 0) is 4.74 Å². The number of nitrogens with zero attached hydrogens (tertiary/aromatic N) is 1. The van der Waals surface area contributed by atoms with Crippen LogP contribution in [0.5, 0.6) is 5.75 Å². The van der Waals surface area contributed by atoms with Crippen molar-refractivity contribution < 1.29 is 19.4 Å². The topological polar surface area (TPSA) is 94.7 Å². The Hall–Kier alpha value is -2.34. The van der Waals surface area contributed by atoms with E-state index in [9.17, 15) is 9.90 Å². The summed E-state index contributed by atoms with van der Waals surface area (Å²) in [5.41, 5.74) is 7.46. The molecule has 2 aromatic rings. The Kier molecular flexibility index (Phi) is 5.08. The van der Waals surface area contributed by atoms with Crippen molar-refractivity contribution in [2.75, 3.05) is 19.5 Å². The molecule has 2 unspecified atom stereocenters. The molecular formula is C19H24N2O4. The number of carboxylic acids is 1. The quantitative estimate of drug-likeness (QED) is 0.863. The van der Waals surface area contributed by atoms with Gasteiger partial charge in [0.15, 0.2) is 0 Å². The van der Waals surface area contributed by atoms with Crippen LogP contribution in [0.15, 0.2) is 18.2 Å². The zero-order valence-electron chi connectivity index (χ0n) is 14.6. The number of aromatic carboxylic acids is 1. The first kappa shape index (κ1) is 17.5. The van der Waals surface area contributed by atoms with Crippen LogP contribution in [0.1, 0.15) is 41.7 Å². The molecule has 0 radical (unpaired) electrons. The maximum Gasteiger partial charge on any atom is 0.339 e. The molecule has 0 aliphatic heterocycles. The van der Waals surface area contributed by atoms with Crippen molar-refractivity contribution in [3.05, 3.63) is 29.5 Å². The van der Waals surface area contributed by atoms with Crippen molar-refractivity contribution in [3.8, 4) is 5.75 Å². The van der Waals surface area contributed by atoms with Gasteiger partial charge in [0.2, 0.25) is 0 Å². The van der Waals surface area contributed by atoms with Crippen LogP contribution >= 0.6 is 0 Å². The summed E-state index contributed by atoms with van der Waals surface area (Å²) in [7, 11) is 1.75. The molecule has 0 saturated heterocycles. The molecule has 134 valence electrons. The molecule has 6 heteroatoms. The molecule has 1 aliphatic carbocycles. The molecule has 3 rings (SSSR count). The summed E-state index contributed by atoms with van der Waals surface area (Å²) in [6.45, 7) is 2.22. The zero-order valence-corrected chi connectivity index (χ0v) is 14.6. The van der Waals surface area contributed by atoms with Crippen molar-refractivity contribution in [1.82, 2.24) is 4.98 Å². The summed E-state index contributed by atoms with van der Waals surface area (Å²) in [6, 6.07) is 5.49. The molecule has 1 aromatic heterocycles. The first-order valence-corrected chi connectivity index (χ1v) is 8.59. The molecule has 0 bridgehead atoms. The van der Waals surface area contributed by atoms with Crippen LogP contribution in [0, 0.1) is 12.8 Å². The number of pyridine rings is 1. The fraction of sp³-hybridized carbons (Fsp3) is 0.474. The Morgan fingerprint density at radius 1 is 1.40 bits per heavy atom. The van der Waals surface area contributed by atoms with Gasteiger partial charge < -0.3 is 20.3 Å². The highest BCUT2D eigenvalue weighted by Gasteiger charge is 2.23. The van der Waals surface area contributed by atoms with E-state index in [1.807, 2.05) is 18.2 Å². The number of carboxylic acid groups (broad SMARTS) is 1. The maximum absolute atomic E-state index is 11.5. The molecule has 1 heterocycles. The van der Waals surface area contributed by atoms with E-state index >= 15 is 0 Å². The minimum atomic E-state index is -1.07. The number of ether oxygens (including phenoxy) is 2. The van der Waals surface area contributed by atoms with Crippen molar-refractivity contribution in [2.45, 2.75) is 38.7 Å². The summed E-state index contributed by atoms with van der Waals surface area (Å²) < 4.78 is 11.5. The Bertz CT molecular complexity index is 791. The van der Waals surface area contributed by atoms with Gasteiger partial charge in [-0.25, -0.2) is 4.79 Å². The summed E-state index contributed by atoms with van der Waals surface area (Å²) in [6.07, 6.45) is 4.61.